The first kappa shape index (κ1) is 8.53. The zero-order valence-corrected chi connectivity index (χ0v) is 7.33. The van der Waals surface area contributed by atoms with Crippen molar-refractivity contribution in [3.63, 3.8) is 0 Å². The van der Waals surface area contributed by atoms with Gasteiger partial charge in [-0.05, 0) is 0 Å². The molecule has 0 N–H and O–H groups in total. The summed E-state index contributed by atoms with van der Waals surface area (Å²) < 4.78 is 5.05. The van der Waals surface area contributed by atoms with Gasteiger partial charge in [-0.1, -0.05) is 13.8 Å². The molecule has 0 spiro atoms. The standard InChI is InChI=1S/C8H15NO2/c1-6(2)8(10)9-4-7(5-9)11-3/h6-7H,4-5H2,1-3H3. The van der Waals surface area contributed by atoms with E-state index in [1.165, 1.54) is 0 Å². The Morgan fingerprint density at radius 3 is 2.45 bits per heavy atom. The maximum absolute atomic E-state index is 11.3. The van der Waals surface area contributed by atoms with Gasteiger partial charge in [-0.25, -0.2) is 0 Å². The molecule has 1 aliphatic rings. The molecule has 1 aliphatic heterocycles. The van der Waals surface area contributed by atoms with E-state index < -0.39 is 0 Å². The zero-order valence-electron chi connectivity index (χ0n) is 7.33. The summed E-state index contributed by atoms with van der Waals surface area (Å²) in [7, 11) is 1.68. The van der Waals surface area contributed by atoms with Crippen molar-refractivity contribution in [1.29, 1.82) is 0 Å². The van der Waals surface area contributed by atoms with E-state index in [1.54, 1.807) is 7.11 Å². The highest BCUT2D eigenvalue weighted by molar-refractivity contribution is 5.78. The maximum Gasteiger partial charge on any atom is 0.225 e. The first-order valence-electron chi connectivity index (χ1n) is 3.96. The maximum atomic E-state index is 11.3. The number of nitrogens with zero attached hydrogens (tertiary/aromatic N) is 1. The lowest BCUT2D eigenvalue weighted by molar-refractivity contribution is -0.146. The minimum atomic E-state index is 0.118. The predicted molar refractivity (Wildman–Crippen MR) is 42.2 cm³/mol. The molecule has 0 unspecified atom stereocenters. The lowest BCUT2D eigenvalue weighted by Crippen LogP contribution is -2.55. The van der Waals surface area contributed by atoms with E-state index in [4.69, 9.17) is 4.74 Å². The molecule has 0 radical (unpaired) electrons. The van der Waals surface area contributed by atoms with Crippen LogP contribution in [0.2, 0.25) is 0 Å². The van der Waals surface area contributed by atoms with Gasteiger partial charge in [-0.3, -0.25) is 4.79 Å². The fraction of sp³-hybridized carbons (Fsp3) is 0.875. The van der Waals surface area contributed by atoms with Gasteiger partial charge in [0.15, 0.2) is 0 Å². The molecule has 0 aromatic carbocycles. The largest absolute Gasteiger partial charge is 0.378 e. The Morgan fingerprint density at radius 2 is 2.09 bits per heavy atom. The molecule has 64 valence electrons. The lowest BCUT2D eigenvalue weighted by atomic mass is 10.1. The van der Waals surface area contributed by atoms with Crippen LogP contribution in [-0.4, -0.2) is 37.1 Å². The van der Waals surface area contributed by atoms with E-state index in [9.17, 15) is 4.79 Å². The van der Waals surface area contributed by atoms with Crippen LogP contribution in [0.3, 0.4) is 0 Å². The van der Waals surface area contributed by atoms with Gasteiger partial charge in [-0.2, -0.15) is 0 Å². The van der Waals surface area contributed by atoms with Gasteiger partial charge >= 0.3 is 0 Å². The smallest absolute Gasteiger partial charge is 0.225 e. The van der Waals surface area contributed by atoms with Gasteiger partial charge in [0.2, 0.25) is 5.91 Å². The van der Waals surface area contributed by atoms with Gasteiger partial charge < -0.3 is 9.64 Å². The van der Waals surface area contributed by atoms with Crippen LogP contribution in [0.1, 0.15) is 13.8 Å². The van der Waals surface area contributed by atoms with Crippen LogP contribution in [0.5, 0.6) is 0 Å². The molecule has 11 heavy (non-hydrogen) atoms. The summed E-state index contributed by atoms with van der Waals surface area (Å²) >= 11 is 0. The SMILES string of the molecule is COC1CN(C(=O)C(C)C)C1. The highest BCUT2D eigenvalue weighted by Crippen LogP contribution is 2.13. The van der Waals surface area contributed by atoms with Crippen LogP contribution in [-0.2, 0) is 9.53 Å². The van der Waals surface area contributed by atoms with Crippen molar-refractivity contribution in [3.05, 3.63) is 0 Å². The van der Waals surface area contributed by atoms with Crippen LogP contribution < -0.4 is 0 Å². The van der Waals surface area contributed by atoms with Crippen molar-refractivity contribution < 1.29 is 9.53 Å². The summed E-state index contributed by atoms with van der Waals surface area (Å²) in [5.74, 6) is 0.353. The molecular weight excluding hydrogens is 142 g/mol. The molecule has 0 saturated carbocycles. The van der Waals surface area contributed by atoms with Crippen molar-refractivity contribution in [2.75, 3.05) is 20.2 Å². The van der Waals surface area contributed by atoms with Gasteiger partial charge in [-0.15, -0.1) is 0 Å². The minimum Gasteiger partial charge on any atom is -0.378 e. The molecule has 0 bridgehead atoms. The molecule has 1 fully saturated rings. The number of likely N-dealkylation sites (tertiary alicyclic amines) is 1. The van der Waals surface area contributed by atoms with Gasteiger partial charge in [0, 0.05) is 26.1 Å². The lowest BCUT2D eigenvalue weighted by Gasteiger charge is -2.39. The Labute approximate surface area is 67.3 Å². The fourth-order valence-electron chi connectivity index (χ4n) is 1.13. The van der Waals surface area contributed by atoms with E-state index in [1.807, 2.05) is 18.7 Å². The quantitative estimate of drug-likeness (QED) is 0.584. The molecular formula is C8H15NO2. The number of methoxy groups -OCH3 is 1. The first-order valence-corrected chi connectivity index (χ1v) is 3.96. The van der Waals surface area contributed by atoms with E-state index in [0.717, 1.165) is 13.1 Å². The molecule has 1 saturated heterocycles. The third-order valence-electron chi connectivity index (χ3n) is 1.99. The Morgan fingerprint density at radius 1 is 1.55 bits per heavy atom. The molecule has 0 aliphatic carbocycles. The molecule has 1 amide bonds. The van der Waals surface area contributed by atoms with Crippen molar-refractivity contribution in [2.45, 2.75) is 20.0 Å². The number of ether oxygens (including phenoxy) is 1. The Hall–Kier alpha value is -0.570. The molecule has 1 heterocycles. The topological polar surface area (TPSA) is 29.5 Å². The molecule has 3 nitrogen and oxygen atoms in total. The number of carbonyl (C=O) groups is 1. The van der Waals surface area contributed by atoms with E-state index in [2.05, 4.69) is 0 Å². The van der Waals surface area contributed by atoms with E-state index >= 15 is 0 Å². The third-order valence-corrected chi connectivity index (χ3v) is 1.99. The third kappa shape index (κ3) is 1.71. The van der Waals surface area contributed by atoms with Gasteiger partial charge in [0.05, 0.1) is 6.10 Å². The van der Waals surface area contributed by atoms with E-state index in [-0.39, 0.29) is 17.9 Å². The van der Waals surface area contributed by atoms with Crippen molar-refractivity contribution >= 4 is 5.91 Å². The Kier molecular flexibility index (Phi) is 2.49. The zero-order chi connectivity index (χ0) is 8.43. The summed E-state index contributed by atoms with van der Waals surface area (Å²) in [6.45, 7) is 5.38. The highest BCUT2D eigenvalue weighted by atomic mass is 16.5. The fourth-order valence-corrected chi connectivity index (χ4v) is 1.13. The number of carbonyl (C=O) groups excluding carboxylic acids is 1. The molecule has 3 heteroatoms. The highest BCUT2D eigenvalue weighted by Gasteiger charge is 2.31. The minimum absolute atomic E-state index is 0.118. The molecule has 0 atom stereocenters. The van der Waals surface area contributed by atoms with Crippen LogP contribution in [0.25, 0.3) is 0 Å². The summed E-state index contributed by atoms with van der Waals surface area (Å²) in [6.07, 6.45) is 0.276. The second-order valence-corrected chi connectivity index (χ2v) is 3.26. The normalized spacial score (nSPS) is 18.7. The predicted octanol–water partition coefficient (Wildman–Crippen LogP) is 0.500. The van der Waals surface area contributed by atoms with Crippen LogP contribution >= 0.6 is 0 Å². The second kappa shape index (κ2) is 3.22. The summed E-state index contributed by atoms with van der Waals surface area (Å²) in [4.78, 5) is 13.1. The number of amides is 1. The summed E-state index contributed by atoms with van der Waals surface area (Å²) in [5, 5.41) is 0. The summed E-state index contributed by atoms with van der Waals surface area (Å²) in [6, 6.07) is 0. The summed E-state index contributed by atoms with van der Waals surface area (Å²) in [5.41, 5.74) is 0. The van der Waals surface area contributed by atoms with Gasteiger partial charge in [0.1, 0.15) is 0 Å². The van der Waals surface area contributed by atoms with Crippen molar-refractivity contribution in [1.82, 2.24) is 4.90 Å². The van der Waals surface area contributed by atoms with Crippen molar-refractivity contribution in [3.8, 4) is 0 Å². The van der Waals surface area contributed by atoms with E-state index in [0.29, 0.717) is 0 Å². The second-order valence-electron chi connectivity index (χ2n) is 3.26. The number of hydrogen-bond donors (Lipinski definition) is 0. The molecule has 0 aromatic rings. The number of rotatable bonds is 2. The number of hydrogen-bond acceptors (Lipinski definition) is 2. The van der Waals surface area contributed by atoms with Crippen molar-refractivity contribution in [2.24, 2.45) is 5.92 Å². The van der Waals surface area contributed by atoms with Crippen LogP contribution in [0, 0.1) is 5.92 Å². The first-order chi connectivity index (χ1) is 5.15. The Bertz CT molecular complexity index is 150. The Balaban J connectivity index is 2.27. The average molecular weight is 157 g/mol. The monoisotopic (exact) mass is 157 g/mol. The van der Waals surface area contributed by atoms with Crippen LogP contribution in [0.15, 0.2) is 0 Å². The average Bonchev–Trinajstić information content (AvgIpc) is 1.85. The molecule has 0 aromatic heterocycles. The van der Waals surface area contributed by atoms with Crippen LogP contribution in [0.4, 0.5) is 0 Å². The molecule has 1 rings (SSSR count). The van der Waals surface area contributed by atoms with Gasteiger partial charge in [0.25, 0.3) is 0 Å².